The van der Waals surface area contributed by atoms with E-state index in [1.165, 1.54) is 0 Å². The van der Waals surface area contributed by atoms with Gasteiger partial charge in [-0.2, -0.15) is 5.10 Å². The molecule has 132 valence electrons. The minimum Gasteiger partial charge on any atom is -0.496 e. The van der Waals surface area contributed by atoms with Crippen LogP contribution in [-0.2, 0) is 6.42 Å². The third-order valence-electron chi connectivity index (χ3n) is 4.62. The van der Waals surface area contributed by atoms with Crippen LogP contribution >= 0.6 is 0 Å². The van der Waals surface area contributed by atoms with Gasteiger partial charge < -0.3 is 15.0 Å². The fraction of sp³-hybridized carbons (Fsp3) is 0.421. The highest BCUT2D eigenvalue weighted by Crippen LogP contribution is 2.25. The fourth-order valence-electron chi connectivity index (χ4n) is 3.31. The first-order chi connectivity index (χ1) is 12.2. The van der Waals surface area contributed by atoms with Gasteiger partial charge in [-0.05, 0) is 49.4 Å². The number of hydrogen-bond acceptors (Lipinski definition) is 5. The van der Waals surface area contributed by atoms with Gasteiger partial charge in [-0.1, -0.05) is 12.1 Å². The summed E-state index contributed by atoms with van der Waals surface area (Å²) in [6.07, 6.45) is 2.95. The molecule has 1 saturated heterocycles. The van der Waals surface area contributed by atoms with E-state index in [0.717, 1.165) is 43.9 Å². The number of benzene rings is 1. The second-order valence-corrected chi connectivity index (χ2v) is 6.32. The molecule has 1 fully saturated rings. The first kappa shape index (κ1) is 17.2. The minimum atomic E-state index is 0.0405. The van der Waals surface area contributed by atoms with Gasteiger partial charge in [0, 0.05) is 20.1 Å². The van der Waals surface area contributed by atoms with Gasteiger partial charge in [0.25, 0.3) is 5.91 Å². The lowest BCUT2D eigenvalue weighted by molar-refractivity contribution is 0.0669. The Morgan fingerprint density at radius 3 is 2.84 bits per heavy atom. The zero-order chi connectivity index (χ0) is 17.6. The van der Waals surface area contributed by atoms with Crippen LogP contribution in [0, 0.1) is 5.92 Å². The molecular weight excluding hydrogens is 316 g/mol. The van der Waals surface area contributed by atoms with Crippen LogP contribution in [0.5, 0.6) is 5.75 Å². The third kappa shape index (κ3) is 4.07. The Morgan fingerprint density at radius 2 is 2.12 bits per heavy atom. The molecular formula is C19H24N4O2. The first-order valence-electron chi connectivity index (χ1n) is 8.64. The first-order valence-corrected chi connectivity index (χ1v) is 8.64. The van der Waals surface area contributed by atoms with Crippen molar-refractivity contribution in [3.05, 3.63) is 47.7 Å². The molecule has 2 heterocycles. The molecule has 2 aromatic rings. The summed E-state index contributed by atoms with van der Waals surface area (Å²) in [5.41, 5.74) is 1.60. The topological polar surface area (TPSA) is 67.4 Å². The summed E-state index contributed by atoms with van der Waals surface area (Å²) in [7, 11) is 3.42. The lowest BCUT2D eigenvalue weighted by Crippen LogP contribution is -2.40. The van der Waals surface area contributed by atoms with Crippen LogP contribution in [0.1, 0.15) is 28.9 Å². The number of ether oxygens (including phenoxy) is 1. The number of carbonyl (C=O) groups excluding carboxylic acids is 1. The standard InChI is InChI=1S/C19H24N4O2/c1-20-18-10-9-15(21-22-18)12-14-6-5-11-23(13-14)19(24)16-7-3-4-8-17(16)25-2/h3-4,7-10,14H,5-6,11-13H2,1-2H3,(H,20,22)/t14-/m0/s1. The maximum atomic E-state index is 12.9. The van der Waals surface area contributed by atoms with E-state index in [1.54, 1.807) is 7.11 Å². The number of methoxy groups -OCH3 is 1. The van der Waals surface area contributed by atoms with Crippen molar-refractivity contribution in [2.24, 2.45) is 5.92 Å². The SMILES string of the molecule is CNc1ccc(C[C@@H]2CCCN(C(=O)c3ccccc3OC)C2)nn1. The predicted octanol–water partition coefficient (Wildman–Crippen LogP) is 2.62. The number of para-hydroxylation sites is 1. The summed E-state index contributed by atoms with van der Waals surface area (Å²) >= 11 is 0. The van der Waals surface area contributed by atoms with E-state index >= 15 is 0 Å². The highest BCUT2D eigenvalue weighted by Gasteiger charge is 2.26. The number of piperidine rings is 1. The summed E-state index contributed by atoms with van der Waals surface area (Å²) in [5.74, 6) is 1.84. The molecule has 6 heteroatoms. The molecule has 0 radical (unpaired) electrons. The molecule has 1 aliphatic rings. The van der Waals surface area contributed by atoms with Gasteiger partial charge in [0.2, 0.25) is 0 Å². The van der Waals surface area contributed by atoms with E-state index < -0.39 is 0 Å². The number of aromatic nitrogens is 2. The maximum Gasteiger partial charge on any atom is 0.257 e. The Hall–Kier alpha value is -2.63. The molecule has 1 aromatic heterocycles. The predicted molar refractivity (Wildman–Crippen MR) is 96.9 cm³/mol. The number of nitrogens with zero attached hydrogens (tertiary/aromatic N) is 3. The van der Waals surface area contributed by atoms with Crippen LogP contribution in [0.2, 0.25) is 0 Å². The normalized spacial score (nSPS) is 17.2. The van der Waals surface area contributed by atoms with E-state index in [-0.39, 0.29) is 5.91 Å². The molecule has 3 rings (SSSR count). The van der Waals surface area contributed by atoms with E-state index in [2.05, 4.69) is 15.5 Å². The van der Waals surface area contributed by atoms with Crippen molar-refractivity contribution in [3.63, 3.8) is 0 Å². The Bertz CT molecular complexity index is 718. The molecule has 25 heavy (non-hydrogen) atoms. The molecule has 1 aliphatic heterocycles. The molecule has 0 bridgehead atoms. The Balaban J connectivity index is 1.66. The van der Waals surface area contributed by atoms with Crippen molar-refractivity contribution < 1.29 is 9.53 Å². The van der Waals surface area contributed by atoms with E-state index in [9.17, 15) is 4.79 Å². The van der Waals surface area contributed by atoms with E-state index in [4.69, 9.17) is 4.74 Å². The second kappa shape index (κ2) is 7.96. The van der Waals surface area contributed by atoms with Crippen LogP contribution in [0.25, 0.3) is 0 Å². The second-order valence-electron chi connectivity index (χ2n) is 6.32. The molecule has 1 amide bonds. The lowest BCUT2D eigenvalue weighted by atomic mass is 9.93. The Labute approximate surface area is 148 Å². The summed E-state index contributed by atoms with van der Waals surface area (Å²) in [6, 6.07) is 11.3. The van der Waals surface area contributed by atoms with Gasteiger partial charge in [0.15, 0.2) is 0 Å². The van der Waals surface area contributed by atoms with Gasteiger partial charge in [-0.3, -0.25) is 4.79 Å². The fourth-order valence-corrected chi connectivity index (χ4v) is 3.31. The van der Waals surface area contributed by atoms with Crippen LogP contribution in [0.3, 0.4) is 0 Å². The summed E-state index contributed by atoms with van der Waals surface area (Å²) < 4.78 is 5.33. The van der Waals surface area contributed by atoms with Crippen LogP contribution < -0.4 is 10.1 Å². The lowest BCUT2D eigenvalue weighted by Gasteiger charge is -2.33. The molecule has 1 N–H and O–H groups in total. The average Bonchev–Trinajstić information content (AvgIpc) is 2.68. The van der Waals surface area contributed by atoms with Crippen LogP contribution in [0.15, 0.2) is 36.4 Å². The van der Waals surface area contributed by atoms with E-state index in [1.807, 2.05) is 48.3 Å². The van der Waals surface area contributed by atoms with Crippen molar-refractivity contribution in [2.45, 2.75) is 19.3 Å². The van der Waals surface area contributed by atoms with Gasteiger partial charge in [0.1, 0.15) is 11.6 Å². The van der Waals surface area contributed by atoms with Gasteiger partial charge in [-0.25, -0.2) is 0 Å². The Morgan fingerprint density at radius 1 is 1.28 bits per heavy atom. The van der Waals surface area contributed by atoms with Crippen molar-refractivity contribution in [1.82, 2.24) is 15.1 Å². The number of nitrogens with one attached hydrogen (secondary N) is 1. The summed E-state index contributed by atoms with van der Waals surface area (Å²) in [6.45, 7) is 1.53. The number of carbonyl (C=O) groups is 1. The summed E-state index contributed by atoms with van der Waals surface area (Å²) in [4.78, 5) is 14.8. The van der Waals surface area contributed by atoms with Crippen molar-refractivity contribution in [3.8, 4) is 5.75 Å². The van der Waals surface area contributed by atoms with Crippen molar-refractivity contribution in [2.75, 3.05) is 32.6 Å². The molecule has 0 unspecified atom stereocenters. The van der Waals surface area contributed by atoms with E-state index in [0.29, 0.717) is 17.2 Å². The third-order valence-corrected chi connectivity index (χ3v) is 4.62. The summed E-state index contributed by atoms with van der Waals surface area (Å²) in [5, 5.41) is 11.4. The number of anilines is 1. The zero-order valence-electron chi connectivity index (χ0n) is 14.7. The largest absolute Gasteiger partial charge is 0.496 e. The number of rotatable bonds is 5. The zero-order valence-corrected chi connectivity index (χ0v) is 14.7. The molecule has 1 aromatic carbocycles. The van der Waals surface area contributed by atoms with Gasteiger partial charge >= 0.3 is 0 Å². The Kier molecular flexibility index (Phi) is 5.48. The number of amides is 1. The van der Waals surface area contributed by atoms with Crippen molar-refractivity contribution in [1.29, 1.82) is 0 Å². The molecule has 6 nitrogen and oxygen atoms in total. The quantitative estimate of drug-likeness (QED) is 0.906. The average molecular weight is 340 g/mol. The molecule has 0 saturated carbocycles. The maximum absolute atomic E-state index is 12.9. The monoisotopic (exact) mass is 340 g/mol. The molecule has 0 spiro atoms. The smallest absolute Gasteiger partial charge is 0.257 e. The van der Waals surface area contributed by atoms with Crippen molar-refractivity contribution >= 4 is 11.7 Å². The van der Waals surface area contributed by atoms with Gasteiger partial charge in [-0.15, -0.1) is 5.10 Å². The molecule has 1 atom stereocenters. The highest BCUT2D eigenvalue weighted by molar-refractivity contribution is 5.97. The van der Waals surface area contributed by atoms with Crippen LogP contribution in [-0.4, -0.2) is 48.3 Å². The van der Waals surface area contributed by atoms with Crippen LogP contribution in [0.4, 0.5) is 5.82 Å². The molecule has 0 aliphatic carbocycles. The number of hydrogen-bond donors (Lipinski definition) is 1. The minimum absolute atomic E-state index is 0.0405. The highest BCUT2D eigenvalue weighted by atomic mass is 16.5. The number of likely N-dealkylation sites (tertiary alicyclic amines) is 1. The van der Waals surface area contributed by atoms with Gasteiger partial charge in [0.05, 0.1) is 18.4 Å².